The summed E-state index contributed by atoms with van der Waals surface area (Å²) in [5.74, 6) is 2.00. The van der Waals surface area contributed by atoms with Gasteiger partial charge in [0.2, 0.25) is 5.91 Å². The van der Waals surface area contributed by atoms with Gasteiger partial charge in [-0.2, -0.15) is 5.10 Å². The molecule has 0 spiro atoms. The topological polar surface area (TPSA) is 92.6 Å². The number of nitrogens with one attached hydrogen (secondary N) is 1. The molecule has 5 heterocycles. The Balaban J connectivity index is 1.19. The van der Waals surface area contributed by atoms with E-state index in [2.05, 4.69) is 60.0 Å². The summed E-state index contributed by atoms with van der Waals surface area (Å²) in [7, 11) is 0. The maximum Gasteiger partial charge on any atom is 0.225 e. The highest BCUT2D eigenvalue weighted by molar-refractivity contribution is 5.83. The summed E-state index contributed by atoms with van der Waals surface area (Å²) in [5, 5.41) is 7.95. The fourth-order valence-electron chi connectivity index (χ4n) is 5.22. The van der Waals surface area contributed by atoms with Gasteiger partial charge >= 0.3 is 0 Å². The van der Waals surface area contributed by atoms with Crippen LogP contribution in [0.2, 0.25) is 0 Å². The lowest BCUT2D eigenvalue weighted by molar-refractivity contribution is -0.131. The van der Waals surface area contributed by atoms with Gasteiger partial charge < -0.3 is 9.47 Å². The van der Waals surface area contributed by atoms with E-state index in [1.54, 1.807) is 6.20 Å². The summed E-state index contributed by atoms with van der Waals surface area (Å²) in [4.78, 5) is 28.3. The number of hydrogen-bond donors (Lipinski definition) is 1. The molecule has 0 radical (unpaired) electrons. The summed E-state index contributed by atoms with van der Waals surface area (Å²) in [6, 6.07) is 12.6. The van der Waals surface area contributed by atoms with Crippen molar-refractivity contribution in [3.63, 3.8) is 0 Å². The minimum absolute atomic E-state index is 0.285. The van der Waals surface area contributed by atoms with E-state index < -0.39 is 0 Å². The van der Waals surface area contributed by atoms with Crippen molar-refractivity contribution in [3.05, 3.63) is 61.2 Å². The standard InChI is InChI=1S/C27H25N7O/c35-27(20-5-6-20)33-10-8-17(15-33)16-34-24-7-9-28-14-23(24)31-26(34)19-3-1-18(2-4-19)21-11-22-13-30-32-25(22)29-12-21/h1-4,7,9,11-14,17,20H,5-6,8,10,15-16H2,(H,29,30,32)/t17-/m0/s1. The van der Waals surface area contributed by atoms with Gasteiger partial charge in [-0.25, -0.2) is 9.97 Å². The molecule has 0 bridgehead atoms. The van der Waals surface area contributed by atoms with Gasteiger partial charge in [0.25, 0.3) is 0 Å². The number of pyridine rings is 2. The molecule has 35 heavy (non-hydrogen) atoms. The van der Waals surface area contributed by atoms with Crippen molar-refractivity contribution in [2.45, 2.75) is 25.8 Å². The molecule has 1 N–H and O–H groups in total. The second kappa shape index (κ2) is 8.01. The van der Waals surface area contributed by atoms with Crippen LogP contribution in [0.25, 0.3) is 44.6 Å². The van der Waals surface area contributed by atoms with Gasteiger partial charge in [0.05, 0.1) is 17.9 Å². The molecule has 8 heteroatoms. The maximum atomic E-state index is 12.6. The van der Waals surface area contributed by atoms with E-state index in [0.717, 1.165) is 83.5 Å². The van der Waals surface area contributed by atoms with Crippen molar-refractivity contribution in [2.75, 3.05) is 13.1 Å². The summed E-state index contributed by atoms with van der Waals surface area (Å²) in [6.07, 6.45) is 10.5. The third kappa shape index (κ3) is 3.65. The van der Waals surface area contributed by atoms with Gasteiger partial charge in [-0.15, -0.1) is 0 Å². The average Bonchev–Trinajstić information content (AvgIpc) is 3.30. The average molecular weight is 464 g/mol. The van der Waals surface area contributed by atoms with Crippen molar-refractivity contribution in [1.29, 1.82) is 0 Å². The zero-order valence-electron chi connectivity index (χ0n) is 19.3. The number of H-pyrrole nitrogens is 1. The molecular weight excluding hydrogens is 438 g/mol. The van der Waals surface area contributed by atoms with Crippen LogP contribution in [0.5, 0.6) is 0 Å². The molecule has 5 aromatic rings. The Kier molecular flexibility index (Phi) is 4.65. The molecule has 4 aromatic heterocycles. The van der Waals surface area contributed by atoms with E-state index in [1.807, 2.05) is 24.7 Å². The normalized spacial score (nSPS) is 18.1. The number of rotatable bonds is 5. The molecular formula is C27H25N7O. The van der Waals surface area contributed by atoms with Gasteiger partial charge in [0.1, 0.15) is 11.3 Å². The first-order chi connectivity index (χ1) is 17.2. The Morgan fingerprint density at radius 3 is 2.71 bits per heavy atom. The van der Waals surface area contributed by atoms with Gasteiger partial charge in [0, 0.05) is 54.5 Å². The van der Waals surface area contributed by atoms with Crippen molar-refractivity contribution >= 4 is 28.0 Å². The first kappa shape index (κ1) is 20.3. The zero-order chi connectivity index (χ0) is 23.4. The lowest BCUT2D eigenvalue weighted by Gasteiger charge is -2.18. The van der Waals surface area contributed by atoms with Crippen LogP contribution < -0.4 is 0 Å². The van der Waals surface area contributed by atoms with Crippen molar-refractivity contribution in [2.24, 2.45) is 11.8 Å². The summed E-state index contributed by atoms with van der Waals surface area (Å²) < 4.78 is 2.31. The van der Waals surface area contributed by atoms with Gasteiger partial charge in [-0.05, 0) is 42.9 Å². The van der Waals surface area contributed by atoms with E-state index in [9.17, 15) is 4.79 Å². The summed E-state index contributed by atoms with van der Waals surface area (Å²) in [6.45, 7) is 2.54. The number of nitrogens with zero attached hydrogens (tertiary/aromatic N) is 6. The number of aromatic amines is 1. The van der Waals surface area contributed by atoms with Crippen LogP contribution in [-0.2, 0) is 11.3 Å². The van der Waals surface area contributed by atoms with Gasteiger partial charge in [-0.3, -0.25) is 14.9 Å². The van der Waals surface area contributed by atoms with Gasteiger partial charge in [0.15, 0.2) is 5.65 Å². The van der Waals surface area contributed by atoms with Crippen molar-refractivity contribution in [1.82, 2.24) is 34.6 Å². The van der Waals surface area contributed by atoms with E-state index in [4.69, 9.17) is 4.98 Å². The molecule has 7 rings (SSSR count). The van der Waals surface area contributed by atoms with E-state index in [1.165, 1.54) is 0 Å². The number of fused-ring (bicyclic) bond motifs is 2. The SMILES string of the molecule is O=C(C1CC1)N1CC[C@H](Cn2c(-c3ccc(-c4cnc5[nH]ncc5c4)cc3)nc3cnccc32)C1. The summed E-state index contributed by atoms with van der Waals surface area (Å²) >= 11 is 0. The predicted molar refractivity (Wildman–Crippen MR) is 133 cm³/mol. The molecule has 0 unspecified atom stereocenters. The quantitative estimate of drug-likeness (QED) is 0.420. The number of carbonyl (C=O) groups is 1. The molecule has 1 atom stereocenters. The maximum absolute atomic E-state index is 12.6. The molecule has 1 aliphatic heterocycles. The Labute approximate surface area is 202 Å². The van der Waals surface area contributed by atoms with Crippen molar-refractivity contribution < 1.29 is 4.79 Å². The first-order valence-corrected chi connectivity index (χ1v) is 12.2. The fourth-order valence-corrected chi connectivity index (χ4v) is 5.22. The number of aromatic nitrogens is 6. The second-order valence-electron chi connectivity index (χ2n) is 9.73. The molecule has 1 saturated heterocycles. The third-order valence-electron chi connectivity index (χ3n) is 7.28. The smallest absolute Gasteiger partial charge is 0.225 e. The molecule has 8 nitrogen and oxygen atoms in total. The largest absolute Gasteiger partial charge is 0.342 e. The van der Waals surface area contributed by atoms with Gasteiger partial charge in [-0.1, -0.05) is 24.3 Å². The number of benzene rings is 1. The Morgan fingerprint density at radius 2 is 1.86 bits per heavy atom. The van der Waals surface area contributed by atoms with Crippen LogP contribution in [0.3, 0.4) is 0 Å². The number of likely N-dealkylation sites (tertiary alicyclic amines) is 1. The highest BCUT2D eigenvalue weighted by Gasteiger charge is 2.36. The highest BCUT2D eigenvalue weighted by Crippen LogP contribution is 2.34. The second-order valence-corrected chi connectivity index (χ2v) is 9.73. The van der Waals surface area contributed by atoms with Crippen LogP contribution in [0.1, 0.15) is 19.3 Å². The van der Waals surface area contributed by atoms with Crippen LogP contribution in [0.4, 0.5) is 0 Å². The van der Waals surface area contributed by atoms with Crippen LogP contribution in [0, 0.1) is 11.8 Å². The molecule has 174 valence electrons. The number of imidazole rings is 1. The number of hydrogen-bond acceptors (Lipinski definition) is 5. The molecule has 1 aromatic carbocycles. The number of carbonyl (C=O) groups excluding carboxylic acids is 1. The highest BCUT2D eigenvalue weighted by atomic mass is 16.2. The van der Waals surface area contributed by atoms with Crippen LogP contribution in [-0.4, -0.2) is 53.6 Å². The Morgan fingerprint density at radius 1 is 1.00 bits per heavy atom. The van der Waals surface area contributed by atoms with Crippen LogP contribution in [0.15, 0.2) is 61.2 Å². The van der Waals surface area contributed by atoms with Crippen molar-refractivity contribution in [3.8, 4) is 22.5 Å². The minimum Gasteiger partial charge on any atom is -0.342 e. The molecule has 2 fully saturated rings. The van der Waals surface area contributed by atoms with E-state index >= 15 is 0 Å². The summed E-state index contributed by atoms with van der Waals surface area (Å²) in [5.41, 5.74) is 5.97. The first-order valence-electron chi connectivity index (χ1n) is 12.2. The lowest BCUT2D eigenvalue weighted by atomic mass is 10.0. The number of amides is 1. The van der Waals surface area contributed by atoms with Crippen LogP contribution >= 0.6 is 0 Å². The zero-order valence-corrected chi connectivity index (χ0v) is 19.3. The molecule has 2 aliphatic rings. The fraction of sp³-hybridized carbons (Fsp3) is 0.296. The third-order valence-corrected chi connectivity index (χ3v) is 7.28. The Bertz CT molecular complexity index is 1550. The molecule has 1 amide bonds. The molecule has 1 aliphatic carbocycles. The minimum atomic E-state index is 0.285. The Hall–Kier alpha value is -4.07. The van der Waals surface area contributed by atoms with E-state index in [-0.39, 0.29) is 5.92 Å². The monoisotopic (exact) mass is 463 g/mol. The lowest BCUT2D eigenvalue weighted by Crippen LogP contribution is -2.30. The predicted octanol–water partition coefficient (Wildman–Crippen LogP) is 4.30. The molecule has 1 saturated carbocycles. The van der Waals surface area contributed by atoms with E-state index in [0.29, 0.717) is 11.8 Å².